The first-order valence-corrected chi connectivity index (χ1v) is 11.0. The molecule has 8 nitrogen and oxygen atoms in total. The molecule has 0 bridgehead atoms. The van der Waals surface area contributed by atoms with Gasteiger partial charge in [-0.3, -0.25) is 15.0 Å². The first-order chi connectivity index (χ1) is 13.6. The van der Waals surface area contributed by atoms with Gasteiger partial charge in [0.15, 0.2) is 6.61 Å². The van der Waals surface area contributed by atoms with Gasteiger partial charge in [0.2, 0.25) is 5.91 Å². The zero-order chi connectivity index (χ0) is 21.6. The Morgan fingerprint density at radius 1 is 1.10 bits per heavy atom. The number of sulfonamides is 1. The van der Waals surface area contributed by atoms with Gasteiger partial charge in [-0.05, 0) is 63.8 Å². The number of nitrogens with one attached hydrogen (secondary N) is 3. The van der Waals surface area contributed by atoms with Crippen molar-refractivity contribution in [3.05, 3.63) is 52.5 Å². The van der Waals surface area contributed by atoms with Gasteiger partial charge in [-0.1, -0.05) is 19.9 Å². The van der Waals surface area contributed by atoms with Crippen molar-refractivity contribution in [2.75, 3.05) is 11.9 Å². The molecule has 0 aromatic heterocycles. The molecular formula is C19H22BrN3O5S. The lowest BCUT2D eigenvalue weighted by Crippen LogP contribution is -2.43. The Hall–Kier alpha value is -2.43. The second-order valence-corrected chi connectivity index (χ2v) is 9.03. The van der Waals surface area contributed by atoms with E-state index in [1.54, 1.807) is 6.07 Å². The molecule has 2 aromatic rings. The van der Waals surface area contributed by atoms with Crippen LogP contribution in [0.15, 0.2) is 51.8 Å². The molecule has 3 N–H and O–H groups in total. The molecule has 0 radical (unpaired) electrons. The summed E-state index contributed by atoms with van der Waals surface area (Å²) in [5.41, 5.74) is 3.68. The molecule has 0 heterocycles. The van der Waals surface area contributed by atoms with E-state index < -0.39 is 15.9 Å². The van der Waals surface area contributed by atoms with Crippen molar-refractivity contribution in [1.82, 2.24) is 10.3 Å². The number of anilines is 1. The number of ether oxygens (including phenoxy) is 1. The maximum Gasteiger partial charge on any atom is 0.272 e. The second kappa shape index (κ2) is 9.86. The lowest BCUT2D eigenvalue weighted by molar-refractivity contribution is -0.123. The van der Waals surface area contributed by atoms with Crippen molar-refractivity contribution in [3.63, 3.8) is 0 Å². The highest BCUT2D eigenvalue weighted by Crippen LogP contribution is 2.28. The van der Waals surface area contributed by atoms with E-state index in [0.717, 1.165) is 5.56 Å². The van der Waals surface area contributed by atoms with E-state index >= 15 is 0 Å². The molecule has 0 unspecified atom stereocenters. The Kier molecular flexibility index (Phi) is 7.77. The number of carbonyl (C=O) groups excluding carboxylic acids is 2. The Morgan fingerprint density at radius 2 is 1.76 bits per heavy atom. The number of halogens is 1. The molecule has 10 heteroatoms. The fourth-order valence-corrected chi connectivity index (χ4v) is 3.65. The van der Waals surface area contributed by atoms with Gasteiger partial charge in [-0.2, -0.15) is 0 Å². The summed E-state index contributed by atoms with van der Waals surface area (Å²) in [5, 5.41) is 2.54. The van der Waals surface area contributed by atoms with Crippen LogP contribution in [0.1, 0.15) is 32.3 Å². The van der Waals surface area contributed by atoms with Gasteiger partial charge in [0.05, 0.1) is 9.37 Å². The molecule has 0 saturated heterocycles. The SMILES string of the molecule is CC(=O)Nc1ccc(S(=O)(=O)NNC(=O)COc2ccc(C(C)C)cc2Br)cc1. The van der Waals surface area contributed by atoms with Crippen molar-refractivity contribution < 1.29 is 22.7 Å². The summed E-state index contributed by atoms with van der Waals surface area (Å²) in [4.78, 5) is 24.9. The molecule has 0 atom stereocenters. The lowest BCUT2D eigenvalue weighted by Gasteiger charge is -2.12. The Balaban J connectivity index is 1.90. The summed E-state index contributed by atoms with van der Waals surface area (Å²) in [6.07, 6.45) is 0. The summed E-state index contributed by atoms with van der Waals surface area (Å²) in [7, 11) is -3.97. The molecule has 2 rings (SSSR count). The highest BCUT2D eigenvalue weighted by atomic mass is 79.9. The number of hydrazine groups is 1. The van der Waals surface area contributed by atoms with Crippen LogP contribution in [-0.4, -0.2) is 26.8 Å². The van der Waals surface area contributed by atoms with Crippen LogP contribution < -0.4 is 20.3 Å². The van der Waals surface area contributed by atoms with Crippen molar-refractivity contribution in [2.24, 2.45) is 0 Å². The maximum absolute atomic E-state index is 12.2. The predicted molar refractivity (Wildman–Crippen MR) is 113 cm³/mol. The van der Waals surface area contributed by atoms with Crippen molar-refractivity contribution in [2.45, 2.75) is 31.6 Å². The zero-order valence-electron chi connectivity index (χ0n) is 16.2. The average Bonchev–Trinajstić information content (AvgIpc) is 2.65. The normalized spacial score (nSPS) is 11.2. The zero-order valence-corrected chi connectivity index (χ0v) is 18.6. The van der Waals surface area contributed by atoms with Crippen molar-refractivity contribution >= 4 is 43.5 Å². The quantitative estimate of drug-likeness (QED) is 0.499. The molecule has 29 heavy (non-hydrogen) atoms. The van der Waals surface area contributed by atoms with Gasteiger partial charge >= 0.3 is 0 Å². The molecule has 0 aliphatic rings. The minimum atomic E-state index is -3.97. The highest BCUT2D eigenvalue weighted by molar-refractivity contribution is 9.10. The van der Waals surface area contributed by atoms with Gasteiger partial charge < -0.3 is 10.1 Å². The number of carbonyl (C=O) groups is 2. The van der Waals surface area contributed by atoms with Crippen LogP contribution in [0, 0.1) is 0 Å². The fraction of sp³-hybridized carbons (Fsp3) is 0.263. The number of hydrogen-bond donors (Lipinski definition) is 3. The third-order valence-corrected chi connectivity index (χ3v) is 5.67. The van der Waals surface area contributed by atoms with Gasteiger partial charge in [0.25, 0.3) is 15.9 Å². The number of amides is 2. The summed E-state index contributed by atoms with van der Waals surface area (Å²) in [6, 6.07) is 11.1. The van der Waals surface area contributed by atoms with Gasteiger partial charge in [0, 0.05) is 12.6 Å². The predicted octanol–water partition coefficient (Wildman–Crippen LogP) is 2.92. The molecular weight excluding hydrogens is 462 g/mol. The Labute approximate surface area is 178 Å². The smallest absolute Gasteiger partial charge is 0.272 e. The molecule has 0 saturated carbocycles. The van der Waals surface area contributed by atoms with Crippen LogP contribution in [-0.2, 0) is 19.6 Å². The fourth-order valence-electron chi connectivity index (χ4n) is 2.28. The van der Waals surface area contributed by atoms with Crippen LogP contribution in [0.25, 0.3) is 0 Å². The van der Waals surface area contributed by atoms with E-state index in [1.807, 2.05) is 17.0 Å². The number of benzene rings is 2. The van der Waals surface area contributed by atoms with Gasteiger partial charge in [-0.25, -0.2) is 8.42 Å². The van der Waals surface area contributed by atoms with E-state index in [2.05, 4.69) is 40.5 Å². The third-order valence-electron chi connectivity index (χ3n) is 3.79. The molecule has 0 aliphatic carbocycles. The number of rotatable bonds is 8. The van der Waals surface area contributed by atoms with Crippen LogP contribution in [0.5, 0.6) is 5.75 Å². The first kappa shape index (κ1) is 22.9. The summed E-state index contributed by atoms with van der Waals surface area (Å²) < 4.78 is 30.6. The summed E-state index contributed by atoms with van der Waals surface area (Å²) >= 11 is 3.39. The van der Waals surface area contributed by atoms with E-state index in [1.165, 1.54) is 31.2 Å². The summed E-state index contributed by atoms with van der Waals surface area (Å²) in [6.45, 7) is 5.11. The van der Waals surface area contributed by atoms with Crippen LogP contribution >= 0.6 is 15.9 Å². The molecule has 0 spiro atoms. The minimum absolute atomic E-state index is 0.0696. The summed E-state index contributed by atoms with van der Waals surface area (Å²) in [5.74, 6) is -0.105. The Morgan fingerprint density at radius 3 is 2.31 bits per heavy atom. The first-order valence-electron chi connectivity index (χ1n) is 8.69. The molecule has 0 aliphatic heterocycles. The van der Waals surface area contributed by atoms with Crippen LogP contribution in [0.4, 0.5) is 5.69 Å². The lowest BCUT2D eigenvalue weighted by atomic mass is 10.0. The third kappa shape index (κ3) is 6.84. The van der Waals surface area contributed by atoms with E-state index in [9.17, 15) is 18.0 Å². The monoisotopic (exact) mass is 483 g/mol. The minimum Gasteiger partial charge on any atom is -0.483 e. The molecule has 2 aromatic carbocycles. The van der Waals surface area contributed by atoms with Crippen LogP contribution in [0.3, 0.4) is 0 Å². The second-order valence-electron chi connectivity index (χ2n) is 6.49. The van der Waals surface area contributed by atoms with Gasteiger partial charge in [0.1, 0.15) is 5.75 Å². The Bertz CT molecular complexity index is 991. The standard InChI is InChI=1S/C19H22BrN3O5S/c1-12(2)14-4-9-18(17(20)10-14)28-11-19(25)22-23-29(26,27)16-7-5-15(6-8-16)21-13(3)24/h4-10,12,23H,11H2,1-3H3,(H,21,24)(H,22,25). The average molecular weight is 484 g/mol. The van der Waals surface area contributed by atoms with Crippen LogP contribution in [0.2, 0.25) is 0 Å². The highest BCUT2D eigenvalue weighted by Gasteiger charge is 2.16. The number of hydrogen-bond acceptors (Lipinski definition) is 5. The largest absolute Gasteiger partial charge is 0.483 e. The molecule has 156 valence electrons. The maximum atomic E-state index is 12.2. The topological polar surface area (TPSA) is 114 Å². The van der Waals surface area contributed by atoms with E-state index in [-0.39, 0.29) is 17.4 Å². The van der Waals surface area contributed by atoms with E-state index in [4.69, 9.17) is 4.74 Å². The van der Waals surface area contributed by atoms with Crippen molar-refractivity contribution in [1.29, 1.82) is 0 Å². The van der Waals surface area contributed by atoms with E-state index in [0.29, 0.717) is 21.8 Å². The van der Waals surface area contributed by atoms with Gasteiger partial charge in [-0.15, -0.1) is 4.83 Å². The van der Waals surface area contributed by atoms with Crippen molar-refractivity contribution in [3.8, 4) is 5.75 Å². The molecule has 2 amide bonds. The molecule has 0 fully saturated rings.